The van der Waals surface area contributed by atoms with Crippen molar-refractivity contribution in [3.05, 3.63) is 99.1 Å². The number of carbonyl (C=O) groups is 1. The quantitative estimate of drug-likeness (QED) is 0.202. The van der Waals surface area contributed by atoms with Crippen LogP contribution in [0.4, 0.5) is 13.2 Å². The number of alkyl halides is 3. The van der Waals surface area contributed by atoms with Gasteiger partial charge in [-0.25, -0.2) is 18.0 Å². The fourth-order valence-corrected chi connectivity index (χ4v) is 4.84. The molecule has 3 rings (SSSR count). The van der Waals surface area contributed by atoms with Crippen molar-refractivity contribution >= 4 is 45.9 Å². The number of hydrogen-bond acceptors (Lipinski definition) is 3. The molecule has 0 aliphatic heterocycles. The molecule has 0 aliphatic carbocycles. The first-order chi connectivity index (χ1) is 15.8. The van der Waals surface area contributed by atoms with Gasteiger partial charge >= 0.3 is 5.97 Å². The summed E-state index contributed by atoms with van der Waals surface area (Å²) in [5, 5.41) is 8.73. The van der Waals surface area contributed by atoms with Crippen LogP contribution in [0.5, 0.6) is 5.75 Å². The number of thioether (sulfide) groups is 1. The van der Waals surface area contributed by atoms with Gasteiger partial charge in [-0.1, -0.05) is 54.6 Å². The van der Waals surface area contributed by atoms with E-state index in [-0.39, 0.29) is 5.56 Å². The minimum absolute atomic E-state index is 0.0523. The van der Waals surface area contributed by atoms with Crippen LogP contribution >= 0.6 is 34.4 Å². The monoisotopic (exact) mass is 584 g/mol. The van der Waals surface area contributed by atoms with E-state index in [9.17, 15) is 18.0 Å². The summed E-state index contributed by atoms with van der Waals surface area (Å²) in [6.07, 6.45) is -3.43. The number of aliphatic carboxylic acids is 1. The molecule has 0 aromatic heterocycles. The van der Waals surface area contributed by atoms with Gasteiger partial charge in [-0.2, -0.15) is 0 Å². The van der Waals surface area contributed by atoms with Gasteiger partial charge < -0.3 is 9.84 Å². The Morgan fingerprint density at radius 1 is 1.00 bits per heavy atom. The van der Waals surface area contributed by atoms with Crippen molar-refractivity contribution in [2.75, 3.05) is 12.4 Å². The van der Waals surface area contributed by atoms with Crippen molar-refractivity contribution in [2.24, 2.45) is 0 Å². The van der Waals surface area contributed by atoms with Crippen molar-refractivity contribution < 1.29 is 27.8 Å². The zero-order valence-corrected chi connectivity index (χ0v) is 20.2. The molecule has 0 saturated carbocycles. The predicted molar refractivity (Wildman–Crippen MR) is 133 cm³/mol. The Morgan fingerprint density at radius 3 is 2.39 bits per heavy atom. The summed E-state index contributed by atoms with van der Waals surface area (Å²) < 4.78 is 45.8. The Kier molecular flexibility index (Phi) is 9.25. The first kappa shape index (κ1) is 25.2. The topological polar surface area (TPSA) is 46.5 Å². The van der Waals surface area contributed by atoms with E-state index < -0.39 is 25.2 Å². The summed E-state index contributed by atoms with van der Waals surface area (Å²) in [6, 6.07) is 21.0. The smallest absolute Gasteiger partial charge is 0.341 e. The van der Waals surface area contributed by atoms with Gasteiger partial charge in [0.1, 0.15) is 5.75 Å². The lowest BCUT2D eigenvalue weighted by Gasteiger charge is -2.13. The summed E-state index contributed by atoms with van der Waals surface area (Å²) >= 11 is 3.72. The Hall–Kier alpha value is -2.46. The maximum Gasteiger partial charge on any atom is 0.341 e. The van der Waals surface area contributed by atoms with E-state index in [1.54, 1.807) is 36.0 Å². The molecule has 0 aliphatic rings. The molecule has 3 nitrogen and oxygen atoms in total. The second-order valence-corrected chi connectivity index (χ2v) is 9.16. The van der Waals surface area contributed by atoms with Gasteiger partial charge in [0, 0.05) is 14.2 Å². The third-order valence-corrected chi connectivity index (χ3v) is 6.87. The Morgan fingerprint density at radius 2 is 1.73 bits per heavy atom. The van der Waals surface area contributed by atoms with Crippen molar-refractivity contribution in [3.8, 4) is 5.75 Å². The van der Waals surface area contributed by atoms with Crippen LogP contribution in [-0.4, -0.2) is 29.9 Å². The third kappa shape index (κ3) is 7.26. The van der Waals surface area contributed by atoms with Crippen LogP contribution in [0.3, 0.4) is 0 Å². The standard InChI is InChI=1S/C25H20F3IO3S/c26-24(25(27)28)18-8-4-7-17(13-18)20(16-5-2-1-3-6-16)11-12-33-22-10-9-19(14-21(22)29)32-15-23(30)31/h1-11,13-14,24-25H,12,15H2,(H,30,31). The number of halogens is 4. The summed E-state index contributed by atoms with van der Waals surface area (Å²) in [7, 11) is 0. The van der Waals surface area contributed by atoms with Gasteiger partial charge in [-0.15, -0.1) is 11.8 Å². The van der Waals surface area contributed by atoms with Gasteiger partial charge in [0.25, 0.3) is 6.43 Å². The maximum absolute atomic E-state index is 13.9. The minimum Gasteiger partial charge on any atom is -0.482 e. The Bertz CT molecular complexity index is 1120. The lowest BCUT2D eigenvalue weighted by atomic mass is 9.95. The number of rotatable bonds is 10. The molecule has 0 fully saturated rings. The number of ether oxygens (including phenoxy) is 1. The summed E-state index contributed by atoms with van der Waals surface area (Å²) in [4.78, 5) is 11.6. The Labute approximate surface area is 207 Å². The molecule has 1 N–H and O–H groups in total. The fourth-order valence-electron chi connectivity index (χ4n) is 3.09. The molecule has 3 aromatic rings. The first-order valence-electron chi connectivity index (χ1n) is 9.90. The molecule has 0 heterocycles. The Balaban J connectivity index is 1.83. The summed E-state index contributed by atoms with van der Waals surface area (Å²) in [5.41, 5.74) is 2.33. The average Bonchev–Trinajstić information content (AvgIpc) is 2.81. The summed E-state index contributed by atoms with van der Waals surface area (Å²) in [6.45, 7) is -0.407. The van der Waals surface area contributed by atoms with Crippen LogP contribution < -0.4 is 4.74 Å². The average molecular weight is 584 g/mol. The SMILES string of the molecule is O=C(O)COc1ccc(SCC=C(c2ccccc2)c2cccc(C(F)C(F)F)c2)c(I)c1. The van der Waals surface area contributed by atoms with Crippen LogP contribution in [0.15, 0.2) is 83.8 Å². The highest BCUT2D eigenvalue weighted by atomic mass is 127. The van der Waals surface area contributed by atoms with E-state index in [0.717, 1.165) is 19.6 Å². The predicted octanol–water partition coefficient (Wildman–Crippen LogP) is 7.25. The largest absolute Gasteiger partial charge is 0.482 e. The first-order valence-corrected chi connectivity index (χ1v) is 12.0. The molecular weight excluding hydrogens is 564 g/mol. The van der Waals surface area contributed by atoms with Crippen LogP contribution in [0.1, 0.15) is 22.9 Å². The second-order valence-electron chi connectivity index (χ2n) is 6.93. The normalized spacial score (nSPS) is 12.6. The van der Waals surface area contributed by atoms with E-state index in [2.05, 4.69) is 22.6 Å². The molecule has 0 bridgehead atoms. The van der Waals surface area contributed by atoms with E-state index in [4.69, 9.17) is 9.84 Å². The molecule has 0 spiro atoms. The number of benzene rings is 3. The molecular formula is C25H20F3IO3S. The van der Waals surface area contributed by atoms with Crippen molar-refractivity contribution in [1.82, 2.24) is 0 Å². The maximum atomic E-state index is 13.9. The molecule has 0 radical (unpaired) electrons. The zero-order valence-electron chi connectivity index (χ0n) is 17.3. The van der Waals surface area contributed by atoms with Crippen LogP contribution in [0.25, 0.3) is 5.57 Å². The molecule has 3 aromatic carbocycles. The van der Waals surface area contributed by atoms with E-state index in [1.807, 2.05) is 42.5 Å². The summed E-state index contributed by atoms with van der Waals surface area (Å²) in [5.74, 6) is 0.00950. The molecule has 0 amide bonds. The van der Waals surface area contributed by atoms with Crippen LogP contribution in [-0.2, 0) is 4.79 Å². The molecule has 33 heavy (non-hydrogen) atoms. The van der Waals surface area contributed by atoms with Crippen molar-refractivity contribution in [2.45, 2.75) is 17.5 Å². The second kappa shape index (κ2) is 12.1. The fraction of sp³-hybridized carbons (Fsp3) is 0.160. The zero-order chi connectivity index (χ0) is 23.8. The lowest BCUT2D eigenvalue weighted by molar-refractivity contribution is -0.139. The van der Waals surface area contributed by atoms with Gasteiger partial charge in [0.15, 0.2) is 12.8 Å². The molecule has 0 saturated heterocycles. The molecule has 1 atom stereocenters. The van der Waals surface area contributed by atoms with Crippen LogP contribution in [0.2, 0.25) is 0 Å². The molecule has 8 heteroatoms. The van der Waals surface area contributed by atoms with Crippen molar-refractivity contribution in [3.63, 3.8) is 0 Å². The third-order valence-electron chi connectivity index (χ3n) is 4.61. The molecule has 172 valence electrons. The van der Waals surface area contributed by atoms with Crippen LogP contribution in [0, 0.1) is 3.57 Å². The highest BCUT2D eigenvalue weighted by Gasteiger charge is 2.22. The highest BCUT2D eigenvalue weighted by Crippen LogP contribution is 2.32. The highest BCUT2D eigenvalue weighted by molar-refractivity contribution is 14.1. The molecule has 1 unspecified atom stereocenters. The van der Waals surface area contributed by atoms with Gasteiger partial charge in [0.2, 0.25) is 0 Å². The van der Waals surface area contributed by atoms with Gasteiger partial charge in [-0.3, -0.25) is 0 Å². The number of hydrogen-bond donors (Lipinski definition) is 1. The van der Waals surface area contributed by atoms with E-state index >= 15 is 0 Å². The lowest BCUT2D eigenvalue weighted by Crippen LogP contribution is -2.09. The van der Waals surface area contributed by atoms with E-state index in [1.165, 1.54) is 12.1 Å². The van der Waals surface area contributed by atoms with E-state index in [0.29, 0.717) is 17.1 Å². The number of carboxylic acid groups (broad SMARTS) is 1. The van der Waals surface area contributed by atoms with Gasteiger partial charge in [-0.05, 0) is 69.1 Å². The number of carboxylic acids is 1. The minimum atomic E-state index is -3.08. The van der Waals surface area contributed by atoms with Gasteiger partial charge in [0.05, 0.1) is 0 Å². The van der Waals surface area contributed by atoms with Crippen molar-refractivity contribution in [1.29, 1.82) is 0 Å².